The van der Waals surface area contributed by atoms with E-state index in [0.717, 1.165) is 11.1 Å². The van der Waals surface area contributed by atoms with Crippen LogP contribution < -0.4 is 16.0 Å². The summed E-state index contributed by atoms with van der Waals surface area (Å²) in [5.41, 5.74) is 3.05. The second-order valence-electron chi connectivity index (χ2n) is 7.28. The molecule has 0 aliphatic heterocycles. The number of nitriles is 1. The number of urea groups is 1. The van der Waals surface area contributed by atoms with Gasteiger partial charge in [0.15, 0.2) is 0 Å². The molecule has 0 bridgehead atoms. The van der Waals surface area contributed by atoms with Crippen molar-refractivity contribution in [1.29, 1.82) is 5.26 Å². The van der Waals surface area contributed by atoms with Crippen LogP contribution in [-0.2, 0) is 4.79 Å². The van der Waals surface area contributed by atoms with E-state index in [1.807, 2.05) is 51.1 Å². The molecular weight excluding hydrogens is 412 g/mol. The number of anilines is 2. The van der Waals surface area contributed by atoms with Gasteiger partial charge in [0.2, 0.25) is 11.0 Å². The maximum absolute atomic E-state index is 12.8. The van der Waals surface area contributed by atoms with Gasteiger partial charge in [-0.25, -0.2) is 4.79 Å². The number of nitrogens with zero attached hydrogens (tertiary/aromatic N) is 3. The Morgan fingerprint density at radius 1 is 1.06 bits per heavy atom. The molecule has 158 valence electrons. The van der Waals surface area contributed by atoms with E-state index < -0.39 is 12.1 Å². The van der Waals surface area contributed by atoms with Gasteiger partial charge in [-0.2, -0.15) is 5.26 Å². The Morgan fingerprint density at radius 3 is 2.45 bits per heavy atom. The third-order valence-corrected chi connectivity index (χ3v) is 5.32. The number of aryl methyl sites for hydroxylation is 1. The molecule has 0 spiro atoms. The van der Waals surface area contributed by atoms with Crippen LogP contribution in [0.3, 0.4) is 0 Å². The van der Waals surface area contributed by atoms with Crippen LogP contribution in [0, 0.1) is 24.2 Å². The minimum atomic E-state index is -0.773. The fourth-order valence-corrected chi connectivity index (χ4v) is 3.57. The van der Waals surface area contributed by atoms with E-state index in [0.29, 0.717) is 21.4 Å². The number of amides is 3. The molecule has 3 rings (SSSR count). The number of hydrogen-bond donors (Lipinski definition) is 3. The zero-order valence-electron chi connectivity index (χ0n) is 17.3. The lowest BCUT2D eigenvalue weighted by molar-refractivity contribution is -0.118. The number of rotatable bonds is 6. The summed E-state index contributed by atoms with van der Waals surface area (Å²) in [7, 11) is 0. The molecule has 31 heavy (non-hydrogen) atoms. The van der Waals surface area contributed by atoms with Crippen molar-refractivity contribution in [2.24, 2.45) is 5.92 Å². The van der Waals surface area contributed by atoms with Crippen LogP contribution in [-0.4, -0.2) is 28.2 Å². The quantitative estimate of drug-likeness (QED) is 0.538. The number of benzene rings is 2. The lowest BCUT2D eigenvalue weighted by atomic mass is 10.0. The monoisotopic (exact) mass is 434 g/mol. The molecule has 3 N–H and O–H groups in total. The van der Waals surface area contributed by atoms with Crippen molar-refractivity contribution in [1.82, 2.24) is 15.5 Å². The Balaban J connectivity index is 1.63. The minimum absolute atomic E-state index is 0.157. The molecule has 2 aromatic carbocycles. The standard InChI is InChI=1S/C22H22N6O2S/c1-13(2)18(25-21(30)24-17-9-7-15(12-23)8-10-17)19(29)26-22-28-27-20(31-22)16-6-4-5-14(3)11-16/h4-11,13,18H,1-3H3,(H2,24,25,30)(H,26,28,29). The Hall–Kier alpha value is -3.77. The van der Waals surface area contributed by atoms with E-state index in [4.69, 9.17) is 5.26 Å². The van der Waals surface area contributed by atoms with Gasteiger partial charge in [-0.05, 0) is 43.2 Å². The molecule has 0 fully saturated rings. The first-order chi connectivity index (χ1) is 14.9. The fraction of sp³-hybridized carbons (Fsp3) is 0.227. The number of hydrogen-bond acceptors (Lipinski definition) is 6. The Bertz CT molecular complexity index is 1120. The molecule has 3 aromatic rings. The summed E-state index contributed by atoms with van der Waals surface area (Å²) < 4.78 is 0. The van der Waals surface area contributed by atoms with Crippen molar-refractivity contribution >= 4 is 34.1 Å². The topological polar surface area (TPSA) is 120 Å². The number of aromatic nitrogens is 2. The van der Waals surface area contributed by atoms with Gasteiger partial charge in [0.1, 0.15) is 11.0 Å². The molecule has 8 nitrogen and oxygen atoms in total. The van der Waals surface area contributed by atoms with E-state index in [9.17, 15) is 9.59 Å². The lowest BCUT2D eigenvalue weighted by Crippen LogP contribution is -2.48. The highest BCUT2D eigenvalue weighted by Crippen LogP contribution is 2.27. The first-order valence-corrected chi connectivity index (χ1v) is 10.5. The molecule has 1 atom stereocenters. The Kier molecular flexibility index (Phi) is 6.95. The van der Waals surface area contributed by atoms with E-state index in [1.165, 1.54) is 11.3 Å². The molecule has 0 saturated carbocycles. The summed E-state index contributed by atoms with van der Waals surface area (Å²) >= 11 is 1.27. The third kappa shape index (κ3) is 5.87. The predicted octanol–water partition coefficient (Wildman–Crippen LogP) is 4.17. The summed E-state index contributed by atoms with van der Waals surface area (Å²) in [6.07, 6.45) is 0. The van der Waals surface area contributed by atoms with Crippen LogP contribution in [0.5, 0.6) is 0 Å². The largest absolute Gasteiger partial charge is 0.326 e. The van der Waals surface area contributed by atoms with Crippen LogP contribution in [0.2, 0.25) is 0 Å². The normalized spacial score (nSPS) is 11.5. The van der Waals surface area contributed by atoms with Gasteiger partial charge in [0.05, 0.1) is 11.6 Å². The van der Waals surface area contributed by atoms with E-state index in [1.54, 1.807) is 24.3 Å². The first kappa shape index (κ1) is 21.9. The molecule has 0 saturated heterocycles. The molecule has 1 heterocycles. The molecular formula is C22H22N6O2S. The minimum Gasteiger partial charge on any atom is -0.326 e. The molecule has 9 heteroatoms. The maximum Gasteiger partial charge on any atom is 0.319 e. The fourth-order valence-electron chi connectivity index (χ4n) is 2.82. The van der Waals surface area contributed by atoms with Gasteiger partial charge in [-0.1, -0.05) is 48.9 Å². The predicted molar refractivity (Wildman–Crippen MR) is 121 cm³/mol. The van der Waals surface area contributed by atoms with Crippen LogP contribution in [0.1, 0.15) is 25.0 Å². The second-order valence-corrected chi connectivity index (χ2v) is 8.26. The van der Waals surface area contributed by atoms with Crippen molar-refractivity contribution in [3.05, 3.63) is 59.7 Å². The Labute approximate surface area is 184 Å². The highest BCUT2D eigenvalue weighted by atomic mass is 32.1. The smallest absolute Gasteiger partial charge is 0.319 e. The zero-order valence-corrected chi connectivity index (χ0v) is 18.2. The summed E-state index contributed by atoms with van der Waals surface area (Å²) in [5, 5.41) is 26.2. The zero-order chi connectivity index (χ0) is 22.4. The maximum atomic E-state index is 12.8. The molecule has 0 aliphatic rings. The number of carbonyl (C=O) groups excluding carboxylic acids is 2. The van der Waals surface area contributed by atoms with Crippen molar-refractivity contribution in [3.63, 3.8) is 0 Å². The lowest BCUT2D eigenvalue weighted by Gasteiger charge is -2.21. The summed E-state index contributed by atoms with van der Waals surface area (Å²) in [5.74, 6) is -0.534. The highest BCUT2D eigenvalue weighted by molar-refractivity contribution is 7.18. The summed E-state index contributed by atoms with van der Waals surface area (Å²) in [4.78, 5) is 25.1. The van der Waals surface area contributed by atoms with Gasteiger partial charge in [-0.15, -0.1) is 10.2 Å². The van der Waals surface area contributed by atoms with Gasteiger partial charge in [-0.3, -0.25) is 10.1 Å². The van der Waals surface area contributed by atoms with Crippen molar-refractivity contribution < 1.29 is 9.59 Å². The summed E-state index contributed by atoms with van der Waals surface area (Å²) in [6, 6.07) is 15.0. The molecule has 0 aliphatic carbocycles. The van der Waals surface area contributed by atoms with Crippen LogP contribution in [0.4, 0.5) is 15.6 Å². The molecule has 3 amide bonds. The van der Waals surface area contributed by atoms with E-state index in [2.05, 4.69) is 26.1 Å². The van der Waals surface area contributed by atoms with E-state index in [-0.39, 0.29) is 11.8 Å². The van der Waals surface area contributed by atoms with Crippen molar-refractivity contribution in [2.45, 2.75) is 26.8 Å². The second kappa shape index (κ2) is 9.82. The summed E-state index contributed by atoms with van der Waals surface area (Å²) in [6.45, 7) is 5.67. The average Bonchev–Trinajstić information content (AvgIpc) is 3.21. The molecule has 1 aromatic heterocycles. The average molecular weight is 435 g/mol. The van der Waals surface area contributed by atoms with Gasteiger partial charge < -0.3 is 10.6 Å². The van der Waals surface area contributed by atoms with Gasteiger partial charge in [0.25, 0.3) is 0 Å². The number of nitrogens with one attached hydrogen (secondary N) is 3. The van der Waals surface area contributed by atoms with Crippen LogP contribution in [0.25, 0.3) is 10.6 Å². The van der Waals surface area contributed by atoms with Crippen LogP contribution >= 0.6 is 11.3 Å². The van der Waals surface area contributed by atoms with Crippen LogP contribution in [0.15, 0.2) is 48.5 Å². The number of carbonyl (C=O) groups is 2. The SMILES string of the molecule is Cc1cccc(-c2nnc(NC(=O)C(NC(=O)Nc3ccc(C#N)cc3)C(C)C)s2)c1. The first-order valence-electron chi connectivity index (χ1n) is 9.65. The molecule has 0 radical (unpaired) electrons. The van der Waals surface area contributed by atoms with Crippen molar-refractivity contribution in [2.75, 3.05) is 10.6 Å². The van der Waals surface area contributed by atoms with Crippen molar-refractivity contribution in [3.8, 4) is 16.6 Å². The van der Waals surface area contributed by atoms with E-state index >= 15 is 0 Å². The van der Waals surface area contributed by atoms with Gasteiger partial charge in [0, 0.05) is 11.3 Å². The van der Waals surface area contributed by atoms with Gasteiger partial charge >= 0.3 is 6.03 Å². The third-order valence-electron chi connectivity index (χ3n) is 4.43. The highest BCUT2D eigenvalue weighted by Gasteiger charge is 2.25. The Morgan fingerprint density at radius 2 is 1.81 bits per heavy atom. The molecule has 1 unspecified atom stereocenters.